The van der Waals surface area contributed by atoms with E-state index < -0.39 is 102 Å². The first-order valence-corrected chi connectivity index (χ1v) is 29.9. The van der Waals surface area contributed by atoms with Crippen molar-refractivity contribution in [2.45, 2.75) is 106 Å². The van der Waals surface area contributed by atoms with Crippen LogP contribution in [0.5, 0.6) is 17.2 Å². The first kappa shape index (κ1) is 60.4. The number of hydrogen-bond donors (Lipinski definition) is 4. The second-order valence-electron chi connectivity index (χ2n) is 20.3. The average molecular weight is 1160 g/mol. The second kappa shape index (κ2) is 27.5. The van der Waals surface area contributed by atoms with Crippen LogP contribution in [0.4, 0.5) is 0 Å². The molecular weight excluding hydrogens is 1090 g/mol. The Bertz CT molecular complexity index is 2970. The third-order valence-corrected chi connectivity index (χ3v) is 16.2. The number of benzene rings is 3. The van der Waals surface area contributed by atoms with Crippen LogP contribution in [0.15, 0.2) is 36.4 Å². The third kappa shape index (κ3) is 13.3. The number of hydrogen-bond acceptors (Lipinski definition) is 23. The highest BCUT2D eigenvalue weighted by molar-refractivity contribution is 7.98. The van der Waals surface area contributed by atoms with Gasteiger partial charge in [0.05, 0.1) is 118 Å². The Morgan fingerprint density at radius 3 is 2.20 bits per heavy atom. The van der Waals surface area contributed by atoms with E-state index in [1.165, 1.54) is 32.4 Å². The molecule has 1 amide bonds. The molecule has 3 fully saturated rings. The maximum Gasteiger partial charge on any atom is 0.252 e. The number of amides is 1. The van der Waals surface area contributed by atoms with Crippen molar-refractivity contribution in [3.05, 3.63) is 86.7 Å². The van der Waals surface area contributed by atoms with E-state index in [4.69, 9.17) is 57.3 Å². The monoisotopic (exact) mass is 1160 g/mol. The van der Waals surface area contributed by atoms with Crippen molar-refractivity contribution in [2.24, 2.45) is 0 Å². The van der Waals surface area contributed by atoms with Gasteiger partial charge in [0, 0.05) is 92.2 Å². The number of ketones is 4. The number of Topliss-reactive ketones (excluding diaryl/α,β-unsaturated/α-hetero) is 2. The molecule has 0 unspecified atom stereocenters. The molecule has 5 aliphatic rings. The van der Waals surface area contributed by atoms with Crippen LogP contribution < -0.4 is 10.1 Å². The molecule has 0 radical (unpaired) electrons. The zero-order valence-corrected chi connectivity index (χ0v) is 47.7. The predicted octanol–water partition coefficient (Wildman–Crippen LogP) is 4.62. The van der Waals surface area contributed by atoms with Gasteiger partial charge in [0.1, 0.15) is 29.0 Å². The van der Waals surface area contributed by atoms with Crippen LogP contribution in [-0.2, 0) is 70.1 Å². The average Bonchev–Trinajstić information content (AvgIpc) is 2.55. The van der Waals surface area contributed by atoms with Crippen molar-refractivity contribution in [3.8, 4) is 17.2 Å². The summed E-state index contributed by atoms with van der Waals surface area (Å²) in [5, 5.41) is 38.9. The molecule has 0 spiro atoms. The molecule has 0 bridgehead atoms. The smallest absolute Gasteiger partial charge is 0.252 e. The summed E-state index contributed by atoms with van der Waals surface area (Å²) in [5.41, 5.74) is 0.253. The van der Waals surface area contributed by atoms with Crippen LogP contribution in [0, 0.1) is 0 Å². The molecule has 81 heavy (non-hydrogen) atoms. The van der Waals surface area contributed by atoms with Gasteiger partial charge < -0.3 is 68.0 Å². The molecule has 24 heteroatoms. The molecule has 1 aromatic heterocycles. The van der Waals surface area contributed by atoms with Crippen molar-refractivity contribution in [1.82, 2.24) is 20.2 Å². The highest BCUT2D eigenvalue weighted by Gasteiger charge is 2.55. The SMILES string of the molecule is COc1cccc2c1C(=O)c1c(O)c3c(c(O)c1C2=O)C[C@@](O)(C(=O)NCC(=O)CCOCCOCCOCCOCCCC(=O)c1ccc2nc(CSC)c(CSC)nc2c1)C[C@@H]3O[C@H]1C[C@H]2[C@H](O[C@@H]3[C@@H](OC)OCCN32)[C@H](C)O1. The van der Waals surface area contributed by atoms with Gasteiger partial charge in [-0.15, -0.1) is 0 Å². The normalized spacial score (nSPS) is 24.0. The number of phenolic OH excluding ortho intramolecular Hbond substituents is 2. The third-order valence-electron chi connectivity index (χ3n) is 15.1. The summed E-state index contributed by atoms with van der Waals surface area (Å²) in [6, 6.07) is 9.67. The van der Waals surface area contributed by atoms with Gasteiger partial charge in [-0.25, -0.2) is 9.97 Å². The summed E-state index contributed by atoms with van der Waals surface area (Å²) >= 11 is 3.39. The van der Waals surface area contributed by atoms with E-state index in [0.29, 0.717) is 64.6 Å². The first-order valence-electron chi connectivity index (χ1n) is 27.1. The van der Waals surface area contributed by atoms with Crippen molar-refractivity contribution in [1.29, 1.82) is 0 Å². The number of morpholine rings is 1. The number of thioether (sulfide) groups is 2. The number of carbonyl (C=O) groups excluding carboxylic acids is 5. The lowest BCUT2D eigenvalue weighted by atomic mass is 9.72. The lowest BCUT2D eigenvalue weighted by Crippen LogP contribution is -2.55. The van der Waals surface area contributed by atoms with E-state index in [0.717, 1.165) is 33.9 Å². The van der Waals surface area contributed by atoms with Gasteiger partial charge in [-0.05, 0) is 50.1 Å². The summed E-state index contributed by atoms with van der Waals surface area (Å²) in [5.74, 6) is -2.65. The Morgan fingerprint density at radius 2 is 1.51 bits per heavy atom. The van der Waals surface area contributed by atoms with Gasteiger partial charge in [-0.2, -0.15) is 23.5 Å². The van der Waals surface area contributed by atoms with Crippen molar-refractivity contribution >= 4 is 63.6 Å². The van der Waals surface area contributed by atoms with Crippen LogP contribution in [0.2, 0.25) is 0 Å². The van der Waals surface area contributed by atoms with E-state index in [-0.39, 0.29) is 78.6 Å². The fourth-order valence-electron chi connectivity index (χ4n) is 11.2. The largest absolute Gasteiger partial charge is 0.507 e. The van der Waals surface area contributed by atoms with Gasteiger partial charge in [0.25, 0.3) is 5.91 Å². The Hall–Kier alpha value is -5.19. The van der Waals surface area contributed by atoms with E-state index >= 15 is 0 Å². The van der Waals surface area contributed by atoms with Crippen molar-refractivity contribution in [3.63, 3.8) is 0 Å². The number of phenols is 2. The minimum Gasteiger partial charge on any atom is -0.507 e. The van der Waals surface area contributed by atoms with E-state index in [1.54, 1.807) is 29.6 Å². The fourth-order valence-corrected chi connectivity index (χ4v) is 12.2. The maximum absolute atomic E-state index is 14.2. The quantitative estimate of drug-likeness (QED) is 0.0302. The Labute approximate surface area is 477 Å². The molecule has 22 nitrogen and oxygen atoms in total. The molecule has 9 rings (SSSR count). The molecule has 4 N–H and O–H groups in total. The summed E-state index contributed by atoms with van der Waals surface area (Å²) in [4.78, 5) is 80.1. The number of nitrogens with one attached hydrogen (secondary N) is 1. The lowest BCUT2D eigenvalue weighted by molar-refractivity contribution is -0.256. The van der Waals surface area contributed by atoms with Crippen LogP contribution >= 0.6 is 23.5 Å². The summed E-state index contributed by atoms with van der Waals surface area (Å²) < 4.78 is 58.4. The number of aliphatic hydroxyl groups is 1. The van der Waals surface area contributed by atoms with Crippen LogP contribution in [0.3, 0.4) is 0 Å². The second-order valence-corrected chi connectivity index (χ2v) is 22.1. The van der Waals surface area contributed by atoms with Crippen LogP contribution in [0.25, 0.3) is 11.0 Å². The Kier molecular flexibility index (Phi) is 20.5. The standard InChI is InChI=1S/C57H70N4O18S2/c1-31-53-40(61-14-17-76-55(71-3)54(61)79-53)25-44(77-31)78-43-27-57(69,26-35-46(43)52(67)48-47(50(35)65)49(64)34-8-6-10-42(70-2)45(34)51(48)66)56(68)58-28-33(62)13-16-73-19-21-75-23-22-74-20-18-72-15-7-9-41(63)32-11-12-36-37(24-32)60-39(30-81-5)38(59-36)29-80-4/h6,8,10-12,24,31,40,43-44,53-55,65,67,69H,7,9,13-23,25-30H2,1-5H3,(H,58,68)/t31-,40-,43-,44-,53+,54+,55-,57-/m0/s1. The predicted molar refractivity (Wildman–Crippen MR) is 295 cm³/mol. The molecule has 8 atom stereocenters. The molecule has 0 saturated carbocycles. The number of nitrogens with zero attached hydrogens (tertiary/aromatic N) is 3. The topological polar surface area (TPSA) is 279 Å². The minimum atomic E-state index is -2.36. The van der Waals surface area contributed by atoms with Crippen LogP contribution in [0.1, 0.15) is 110 Å². The molecular formula is C57H70N4O18S2. The van der Waals surface area contributed by atoms with Gasteiger partial charge in [0.2, 0.25) is 5.78 Å². The number of rotatable bonds is 28. The number of ether oxygens (including phenoxy) is 10. The van der Waals surface area contributed by atoms with Gasteiger partial charge >= 0.3 is 0 Å². The highest BCUT2D eigenvalue weighted by Crippen LogP contribution is 2.53. The number of aromatic hydroxyl groups is 2. The van der Waals surface area contributed by atoms with Gasteiger partial charge in [0.15, 0.2) is 36.2 Å². The molecule has 2 aliphatic carbocycles. The van der Waals surface area contributed by atoms with Gasteiger partial charge in [-0.1, -0.05) is 12.1 Å². The lowest BCUT2D eigenvalue weighted by Gasteiger charge is -2.43. The molecule has 3 aromatic carbocycles. The Balaban J connectivity index is 0.714. The van der Waals surface area contributed by atoms with E-state index in [2.05, 4.69) is 10.2 Å². The molecule has 438 valence electrons. The van der Waals surface area contributed by atoms with Crippen LogP contribution in [-0.4, -0.2) is 201 Å². The number of carbonyl (C=O) groups is 5. The highest BCUT2D eigenvalue weighted by atomic mass is 32.2. The number of aromatic nitrogens is 2. The molecule has 4 aromatic rings. The van der Waals surface area contributed by atoms with Crippen molar-refractivity contribution < 1.29 is 86.7 Å². The first-order chi connectivity index (χ1) is 39.2. The molecule has 3 saturated heterocycles. The molecule has 4 heterocycles. The zero-order chi connectivity index (χ0) is 57.4. The Morgan fingerprint density at radius 1 is 0.827 bits per heavy atom. The minimum absolute atomic E-state index is 0.0235. The van der Waals surface area contributed by atoms with Crippen molar-refractivity contribution in [2.75, 3.05) is 99.3 Å². The van der Waals surface area contributed by atoms with E-state index in [1.807, 2.05) is 31.6 Å². The maximum atomic E-state index is 14.2. The fraction of sp³-hybridized carbons (Fsp3) is 0.561. The number of methoxy groups -OCH3 is 2. The zero-order valence-electron chi connectivity index (χ0n) is 46.1. The summed E-state index contributed by atoms with van der Waals surface area (Å²) in [6.45, 7) is 4.50. The molecule has 3 aliphatic heterocycles. The van der Waals surface area contributed by atoms with Gasteiger partial charge in [-0.3, -0.25) is 28.9 Å². The summed E-state index contributed by atoms with van der Waals surface area (Å²) in [7, 11) is 2.87. The summed E-state index contributed by atoms with van der Waals surface area (Å²) in [6.07, 6.45) is -0.454. The van der Waals surface area contributed by atoms with E-state index in [9.17, 15) is 39.3 Å². The number of fused-ring (bicyclic) bond motifs is 7.